The first-order valence-corrected chi connectivity index (χ1v) is 7.19. The van der Waals surface area contributed by atoms with Crippen molar-refractivity contribution in [3.63, 3.8) is 0 Å². The van der Waals surface area contributed by atoms with E-state index in [9.17, 15) is 14.4 Å². The third kappa shape index (κ3) is 3.78. The molecule has 6 heteroatoms. The third-order valence-electron chi connectivity index (χ3n) is 3.59. The molecule has 0 radical (unpaired) electrons. The van der Waals surface area contributed by atoms with Gasteiger partial charge in [-0.05, 0) is 30.2 Å². The van der Waals surface area contributed by atoms with Crippen molar-refractivity contribution in [2.75, 3.05) is 7.11 Å². The number of hydrogen-bond acceptors (Lipinski definition) is 4. The van der Waals surface area contributed by atoms with Gasteiger partial charge >= 0.3 is 11.9 Å². The minimum atomic E-state index is -1.15. The number of carboxylic acid groups (broad SMARTS) is 2. The summed E-state index contributed by atoms with van der Waals surface area (Å²) >= 11 is 0. The monoisotopic (exact) mass is 328 g/mol. The molecular formula is C18H16O6. The lowest BCUT2D eigenvalue weighted by Gasteiger charge is -2.08. The standard InChI is InChI=1S/C18H16O6/c1-24-16-10-11(6-8-14(16)18(22)23)7-9-15(19)12-4-2-3-5-13(12)17(20)21/h2-6,8,10H,7,9H2,1H3,(H,20,21)(H,22,23). The van der Waals surface area contributed by atoms with Crippen LogP contribution in [-0.2, 0) is 6.42 Å². The Morgan fingerprint density at radius 1 is 0.917 bits per heavy atom. The van der Waals surface area contributed by atoms with E-state index in [1.807, 2.05) is 0 Å². The summed E-state index contributed by atoms with van der Waals surface area (Å²) in [5, 5.41) is 18.2. The van der Waals surface area contributed by atoms with Crippen LogP contribution in [0, 0.1) is 0 Å². The number of ketones is 1. The zero-order valence-corrected chi connectivity index (χ0v) is 13.0. The maximum absolute atomic E-state index is 12.3. The number of methoxy groups -OCH3 is 1. The fraction of sp³-hybridized carbons (Fsp3) is 0.167. The molecular weight excluding hydrogens is 312 g/mol. The molecule has 0 aliphatic heterocycles. The summed E-state index contributed by atoms with van der Waals surface area (Å²) in [4.78, 5) is 34.5. The Kier molecular flexibility index (Phi) is 5.31. The van der Waals surface area contributed by atoms with Gasteiger partial charge < -0.3 is 14.9 Å². The lowest BCUT2D eigenvalue weighted by Crippen LogP contribution is -2.09. The molecule has 124 valence electrons. The molecule has 0 fully saturated rings. The van der Waals surface area contributed by atoms with E-state index < -0.39 is 11.9 Å². The molecule has 0 heterocycles. The Bertz CT molecular complexity index is 794. The van der Waals surface area contributed by atoms with Crippen molar-refractivity contribution < 1.29 is 29.3 Å². The van der Waals surface area contributed by atoms with Gasteiger partial charge in [-0.25, -0.2) is 9.59 Å². The molecule has 6 nitrogen and oxygen atoms in total. The molecule has 24 heavy (non-hydrogen) atoms. The highest BCUT2D eigenvalue weighted by atomic mass is 16.5. The molecule has 0 unspecified atom stereocenters. The average molecular weight is 328 g/mol. The zero-order chi connectivity index (χ0) is 17.7. The van der Waals surface area contributed by atoms with Crippen molar-refractivity contribution in [1.82, 2.24) is 0 Å². The number of carbonyl (C=O) groups excluding carboxylic acids is 1. The SMILES string of the molecule is COc1cc(CCC(=O)c2ccccc2C(=O)O)ccc1C(=O)O. The normalized spacial score (nSPS) is 10.2. The smallest absolute Gasteiger partial charge is 0.339 e. The van der Waals surface area contributed by atoms with Crippen LogP contribution in [0.5, 0.6) is 5.75 Å². The van der Waals surface area contributed by atoms with Crippen molar-refractivity contribution in [3.05, 3.63) is 64.7 Å². The molecule has 0 spiro atoms. The van der Waals surface area contributed by atoms with Gasteiger partial charge in [0.25, 0.3) is 0 Å². The van der Waals surface area contributed by atoms with Gasteiger partial charge in [-0.3, -0.25) is 4.79 Å². The summed E-state index contributed by atoms with van der Waals surface area (Å²) in [6, 6.07) is 10.7. The maximum atomic E-state index is 12.3. The van der Waals surface area contributed by atoms with Crippen LogP contribution in [0.15, 0.2) is 42.5 Å². The minimum absolute atomic E-state index is 0.0266. The number of hydrogen-bond donors (Lipinski definition) is 2. The zero-order valence-electron chi connectivity index (χ0n) is 13.0. The van der Waals surface area contributed by atoms with Gasteiger partial charge in [0.1, 0.15) is 11.3 Å². The molecule has 2 rings (SSSR count). The predicted octanol–water partition coefficient (Wildman–Crippen LogP) is 2.91. The van der Waals surface area contributed by atoms with Crippen LogP contribution >= 0.6 is 0 Å². The Balaban J connectivity index is 2.15. The van der Waals surface area contributed by atoms with Crippen molar-refractivity contribution in [3.8, 4) is 5.75 Å². The van der Waals surface area contributed by atoms with E-state index in [1.54, 1.807) is 24.3 Å². The summed E-state index contributed by atoms with van der Waals surface area (Å²) in [7, 11) is 1.37. The Hall–Kier alpha value is -3.15. The van der Waals surface area contributed by atoms with Crippen molar-refractivity contribution in [1.29, 1.82) is 0 Å². The van der Waals surface area contributed by atoms with Crippen molar-refractivity contribution >= 4 is 17.7 Å². The molecule has 0 saturated heterocycles. The van der Waals surface area contributed by atoms with E-state index in [0.717, 1.165) is 5.56 Å². The fourth-order valence-corrected chi connectivity index (χ4v) is 2.37. The van der Waals surface area contributed by atoms with Crippen LogP contribution in [0.25, 0.3) is 0 Å². The molecule has 0 amide bonds. The van der Waals surface area contributed by atoms with E-state index >= 15 is 0 Å². The number of rotatable bonds is 7. The fourth-order valence-electron chi connectivity index (χ4n) is 2.37. The lowest BCUT2D eigenvalue weighted by atomic mass is 9.98. The predicted molar refractivity (Wildman–Crippen MR) is 86.0 cm³/mol. The second kappa shape index (κ2) is 7.41. The molecule has 2 N–H and O–H groups in total. The van der Waals surface area contributed by atoms with Crippen LogP contribution < -0.4 is 4.74 Å². The van der Waals surface area contributed by atoms with Gasteiger partial charge in [0.05, 0.1) is 12.7 Å². The average Bonchev–Trinajstić information content (AvgIpc) is 2.59. The molecule has 0 saturated carbocycles. The highest BCUT2D eigenvalue weighted by molar-refractivity contribution is 6.05. The lowest BCUT2D eigenvalue weighted by molar-refractivity contribution is 0.0682. The largest absolute Gasteiger partial charge is 0.496 e. The first kappa shape index (κ1) is 17.2. The van der Waals surface area contributed by atoms with E-state index in [0.29, 0.717) is 6.42 Å². The Morgan fingerprint density at radius 2 is 1.54 bits per heavy atom. The molecule has 0 atom stereocenters. The molecule has 0 aliphatic carbocycles. The third-order valence-corrected chi connectivity index (χ3v) is 3.59. The van der Waals surface area contributed by atoms with E-state index in [-0.39, 0.29) is 34.6 Å². The van der Waals surface area contributed by atoms with Crippen molar-refractivity contribution in [2.24, 2.45) is 0 Å². The number of carboxylic acids is 2. The van der Waals surface area contributed by atoms with E-state index in [4.69, 9.17) is 14.9 Å². The number of aryl methyl sites for hydroxylation is 1. The van der Waals surface area contributed by atoms with Gasteiger partial charge in [0.2, 0.25) is 0 Å². The van der Waals surface area contributed by atoms with Gasteiger partial charge in [-0.15, -0.1) is 0 Å². The number of carbonyl (C=O) groups is 3. The molecule has 0 aromatic heterocycles. The van der Waals surface area contributed by atoms with Crippen molar-refractivity contribution in [2.45, 2.75) is 12.8 Å². The molecule has 2 aromatic rings. The van der Waals surface area contributed by atoms with Gasteiger partial charge in [0, 0.05) is 12.0 Å². The van der Waals surface area contributed by atoms with Gasteiger partial charge in [-0.1, -0.05) is 24.3 Å². The van der Waals surface area contributed by atoms with Crippen LogP contribution in [-0.4, -0.2) is 35.0 Å². The Morgan fingerprint density at radius 3 is 2.12 bits per heavy atom. The number of benzene rings is 2. The maximum Gasteiger partial charge on any atom is 0.339 e. The summed E-state index contributed by atoms with van der Waals surface area (Å²) < 4.78 is 5.05. The summed E-state index contributed by atoms with van der Waals surface area (Å²) in [5.74, 6) is -2.30. The molecule has 0 bridgehead atoms. The minimum Gasteiger partial charge on any atom is -0.496 e. The summed E-state index contributed by atoms with van der Waals surface area (Å²) in [5.41, 5.74) is 0.919. The number of aromatic carboxylic acids is 2. The number of Topliss-reactive ketones (excluding diaryl/α,β-unsaturated/α-hetero) is 1. The van der Waals surface area contributed by atoms with Crippen LogP contribution in [0.2, 0.25) is 0 Å². The Labute approximate surface area is 138 Å². The van der Waals surface area contributed by atoms with Crippen LogP contribution in [0.1, 0.15) is 43.1 Å². The van der Waals surface area contributed by atoms with Gasteiger partial charge in [-0.2, -0.15) is 0 Å². The second-order valence-electron chi connectivity index (χ2n) is 5.11. The first-order chi connectivity index (χ1) is 11.4. The highest BCUT2D eigenvalue weighted by Gasteiger charge is 2.16. The summed E-state index contributed by atoms with van der Waals surface area (Å²) in [6.07, 6.45) is 0.461. The van der Waals surface area contributed by atoms with Crippen LogP contribution in [0.3, 0.4) is 0 Å². The van der Waals surface area contributed by atoms with Gasteiger partial charge in [0.15, 0.2) is 5.78 Å². The molecule has 0 aliphatic rings. The second-order valence-corrected chi connectivity index (χ2v) is 5.11. The summed E-state index contributed by atoms with van der Waals surface area (Å²) in [6.45, 7) is 0. The topological polar surface area (TPSA) is 101 Å². The number of ether oxygens (including phenoxy) is 1. The quantitative estimate of drug-likeness (QED) is 0.758. The van der Waals surface area contributed by atoms with E-state index in [2.05, 4.69) is 0 Å². The van der Waals surface area contributed by atoms with E-state index in [1.165, 1.54) is 25.3 Å². The first-order valence-electron chi connectivity index (χ1n) is 7.19. The highest BCUT2D eigenvalue weighted by Crippen LogP contribution is 2.22. The molecule has 2 aromatic carbocycles. The van der Waals surface area contributed by atoms with Crippen LogP contribution in [0.4, 0.5) is 0 Å².